The van der Waals surface area contributed by atoms with E-state index >= 15 is 0 Å². The number of fused-ring (bicyclic) bond motifs is 3. The minimum atomic E-state index is 0.325. The summed E-state index contributed by atoms with van der Waals surface area (Å²) in [4.78, 5) is 2.38. The van der Waals surface area contributed by atoms with Gasteiger partial charge in [-0.05, 0) is 24.6 Å². The smallest absolute Gasteiger partial charge is 0.0889 e. The number of likely N-dealkylation sites (N-methyl/N-ethyl adjacent to an activating group) is 1. The van der Waals surface area contributed by atoms with Gasteiger partial charge in [0.1, 0.15) is 0 Å². The fourth-order valence-corrected chi connectivity index (χ4v) is 3.08. The van der Waals surface area contributed by atoms with Gasteiger partial charge >= 0.3 is 0 Å². The van der Waals surface area contributed by atoms with Crippen LogP contribution in [0.2, 0.25) is 0 Å². The summed E-state index contributed by atoms with van der Waals surface area (Å²) < 4.78 is 0. The molecular weight excluding hydrogens is 172 g/mol. The van der Waals surface area contributed by atoms with Crippen molar-refractivity contribution < 1.29 is 0 Å². The van der Waals surface area contributed by atoms with E-state index in [1.54, 1.807) is 0 Å². The lowest BCUT2D eigenvalue weighted by Crippen LogP contribution is -2.44. The van der Waals surface area contributed by atoms with Crippen LogP contribution in [0, 0.1) is 0 Å². The third-order valence-electron chi connectivity index (χ3n) is 3.87. The van der Waals surface area contributed by atoms with Crippen molar-refractivity contribution >= 4 is 5.69 Å². The number of rotatable bonds is 0. The molecule has 0 bridgehead atoms. The molecular formula is C12H16N2. The first-order valence-electron chi connectivity index (χ1n) is 5.29. The second-order valence-corrected chi connectivity index (χ2v) is 4.65. The Hall–Kier alpha value is -1.02. The predicted octanol–water partition coefficient (Wildman–Crippen LogP) is 1.71. The molecule has 0 amide bonds. The van der Waals surface area contributed by atoms with Gasteiger partial charge in [0.05, 0.1) is 6.17 Å². The van der Waals surface area contributed by atoms with Crippen molar-refractivity contribution in [2.45, 2.75) is 24.9 Å². The van der Waals surface area contributed by atoms with Gasteiger partial charge in [0, 0.05) is 18.2 Å². The van der Waals surface area contributed by atoms with Crippen molar-refractivity contribution in [1.82, 2.24) is 5.32 Å². The molecule has 2 aliphatic rings. The van der Waals surface area contributed by atoms with Crippen molar-refractivity contribution in [2.24, 2.45) is 0 Å². The minimum Gasteiger partial charge on any atom is -0.358 e. The second-order valence-electron chi connectivity index (χ2n) is 4.65. The second kappa shape index (κ2) is 2.51. The Kier molecular flexibility index (Phi) is 1.49. The zero-order chi connectivity index (χ0) is 9.76. The molecule has 2 heterocycles. The van der Waals surface area contributed by atoms with E-state index in [-0.39, 0.29) is 0 Å². The van der Waals surface area contributed by atoms with Crippen LogP contribution in [0.4, 0.5) is 5.69 Å². The molecule has 0 aliphatic carbocycles. The van der Waals surface area contributed by atoms with Crippen LogP contribution in [0.15, 0.2) is 24.3 Å². The zero-order valence-electron chi connectivity index (χ0n) is 8.75. The molecule has 3 rings (SSSR count). The normalized spacial score (nSPS) is 34.4. The molecule has 2 heteroatoms. The Bertz CT molecular complexity index is 374. The van der Waals surface area contributed by atoms with E-state index in [0.29, 0.717) is 11.6 Å². The quantitative estimate of drug-likeness (QED) is 0.667. The lowest BCUT2D eigenvalue weighted by Gasteiger charge is -2.27. The number of para-hydroxylation sites is 1. The topological polar surface area (TPSA) is 15.3 Å². The number of nitrogens with one attached hydrogen (secondary N) is 1. The molecule has 2 atom stereocenters. The first-order valence-corrected chi connectivity index (χ1v) is 5.29. The van der Waals surface area contributed by atoms with Crippen molar-refractivity contribution in [1.29, 1.82) is 0 Å². The van der Waals surface area contributed by atoms with E-state index in [4.69, 9.17) is 0 Å². The summed E-state index contributed by atoms with van der Waals surface area (Å²) in [6.45, 7) is 3.51. The van der Waals surface area contributed by atoms with Crippen molar-refractivity contribution in [3.05, 3.63) is 29.8 Å². The van der Waals surface area contributed by atoms with E-state index in [2.05, 4.69) is 48.5 Å². The monoisotopic (exact) mass is 188 g/mol. The molecule has 74 valence electrons. The molecule has 2 nitrogen and oxygen atoms in total. The number of hydrogen-bond donors (Lipinski definition) is 1. The standard InChI is InChI=1S/C12H16N2/c1-12-7-8-13-11(12)14(2)10-6-4-3-5-9(10)12/h3-6,11,13H,7-8H2,1-2H3/t11-,12+/m1/s1. The molecule has 1 fully saturated rings. The lowest BCUT2D eigenvalue weighted by molar-refractivity contribution is 0.431. The molecule has 1 aromatic rings. The average Bonchev–Trinajstić information content (AvgIpc) is 2.67. The maximum Gasteiger partial charge on any atom is 0.0889 e. The third kappa shape index (κ3) is 0.800. The number of nitrogens with zero attached hydrogens (tertiary/aromatic N) is 1. The molecule has 1 saturated heterocycles. The number of benzene rings is 1. The van der Waals surface area contributed by atoms with Crippen LogP contribution < -0.4 is 10.2 Å². The summed E-state index contributed by atoms with van der Waals surface area (Å²) in [7, 11) is 2.19. The first-order chi connectivity index (χ1) is 6.73. The summed E-state index contributed by atoms with van der Waals surface area (Å²) in [5, 5.41) is 3.58. The van der Waals surface area contributed by atoms with Crippen LogP contribution in [0.3, 0.4) is 0 Å². The maximum atomic E-state index is 3.58. The molecule has 0 radical (unpaired) electrons. The highest BCUT2D eigenvalue weighted by Crippen LogP contribution is 2.47. The lowest BCUT2D eigenvalue weighted by atomic mass is 9.81. The van der Waals surface area contributed by atoms with Gasteiger partial charge in [-0.2, -0.15) is 0 Å². The van der Waals surface area contributed by atoms with Crippen LogP contribution in [0.5, 0.6) is 0 Å². The molecule has 1 N–H and O–H groups in total. The van der Waals surface area contributed by atoms with Gasteiger partial charge in [0.15, 0.2) is 0 Å². The van der Waals surface area contributed by atoms with Gasteiger partial charge in [0.2, 0.25) is 0 Å². The molecule has 0 unspecified atom stereocenters. The predicted molar refractivity (Wildman–Crippen MR) is 58.6 cm³/mol. The van der Waals surface area contributed by atoms with E-state index in [1.807, 2.05) is 0 Å². The van der Waals surface area contributed by atoms with Gasteiger partial charge in [-0.3, -0.25) is 5.32 Å². The van der Waals surface area contributed by atoms with Gasteiger partial charge in [-0.15, -0.1) is 0 Å². The summed E-state index contributed by atoms with van der Waals surface area (Å²) in [5.74, 6) is 0. The average molecular weight is 188 g/mol. The van der Waals surface area contributed by atoms with Gasteiger partial charge in [0.25, 0.3) is 0 Å². The Labute approximate surface area is 84.9 Å². The van der Waals surface area contributed by atoms with E-state index in [0.717, 1.165) is 6.54 Å². The molecule has 14 heavy (non-hydrogen) atoms. The Morgan fingerprint density at radius 3 is 3.07 bits per heavy atom. The van der Waals surface area contributed by atoms with Gasteiger partial charge < -0.3 is 4.90 Å². The maximum absolute atomic E-state index is 3.58. The van der Waals surface area contributed by atoms with Crippen LogP contribution in [-0.2, 0) is 5.41 Å². The van der Waals surface area contributed by atoms with E-state index in [9.17, 15) is 0 Å². The van der Waals surface area contributed by atoms with Gasteiger partial charge in [-0.1, -0.05) is 25.1 Å². The molecule has 0 spiro atoms. The van der Waals surface area contributed by atoms with Crippen molar-refractivity contribution in [3.8, 4) is 0 Å². The highest BCUT2D eigenvalue weighted by Gasteiger charge is 2.48. The first kappa shape index (κ1) is 8.30. The largest absolute Gasteiger partial charge is 0.358 e. The summed E-state index contributed by atoms with van der Waals surface area (Å²) in [6.07, 6.45) is 1.75. The highest BCUT2D eigenvalue weighted by molar-refractivity contribution is 5.64. The highest BCUT2D eigenvalue weighted by atomic mass is 15.3. The van der Waals surface area contributed by atoms with Gasteiger partial charge in [-0.25, -0.2) is 0 Å². The third-order valence-corrected chi connectivity index (χ3v) is 3.87. The number of anilines is 1. The molecule has 1 aromatic carbocycles. The van der Waals surface area contributed by atoms with Crippen LogP contribution >= 0.6 is 0 Å². The van der Waals surface area contributed by atoms with Crippen molar-refractivity contribution in [2.75, 3.05) is 18.5 Å². The zero-order valence-corrected chi connectivity index (χ0v) is 8.75. The summed E-state index contributed by atoms with van der Waals surface area (Å²) in [5.41, 5.74) is 3.23. The number of hydrogen-bond acceptors (Lipinski definition) is 2. The fraction of sp³-hybridized carbons (Fsp3) is 0.500. The Balaban J connectivity index is 2.21. The Morgan fingerprint density at radius 2 is 2.21 bits per heavy atom. The minimum absolute atomic E-state index is 0.325. The van der Waals surface area contributed by atoms with E-state index < -0.39 is 0 Å². The molecule has 0 aromatic heterocycles. The van der Waals surface area contributed by atoms with Crippen molar-refractivity contribution in [3.63, 3.8) is 0 Å². The SMILES string of the molecule is CN1c2ccccc2[C@]2(C)CCN[C@H]12. The Morgan fingerprint density at radius 1 is 1.43 bits per heavy atom. The summed E-state index contributed by atoms with van der Waals surface area (Å²) in [6, 6.07) is 8.78. The van der Waals surface area contributed by atoms with Crippen LogP contribution in [-0.4, -0.2) is 19.8 Å². The summed E-state index contributed by atoms with van der Waals surface area (Å²) >= 11 is 0. The van der Waals surface area contributed by atoms with Crippen LogP contribution in [0.1, 0.15) is 18.9 Å². The molecule has 2 aliphatic heterocycles. The fourth-order valence-electron chi connectivity index (χ4n) is 3.08. The molecule has 0 saturated carbocycles. The van der Waals surface area contributed by atoms with Crippen LogP contribution in [0.25, 0.3) is 0 Å². The van der Waals surface area contributed by atoms with E-state index in [1.165, 1.54) is 17.7 Å².